The summed E-state index contributed by atoms with van der Waals surface area (Å²) >= 11 is 0. The molecule has 5 heteroatoms. The predicted octanol–water partition coefficient (Wildman–Crippen LogP) is 2.44. The molecule has 0 aliphatic heterocycles. The Morgan fingerprint density at radius 1 is 1.26 bits per heavy atom. The maximum atomic E-state index is 6.03. The van der Waals surface area contributed by atoms with Crippen LogP contribution in [-0.2, 0) is 6.54 Å². The summed E-state index contributed by atoms with van der Waals surface area (Å²) in [6, 6.07) is 3.83. The molecule has 0 bridgehead atoms. The Balaban J connectivity index is 2.07. The lowest BCUT2D eigenvalue weighted by atomic mass is 9.85. The van der Waals surface area contributed by atoms with E-state index in [4.69, 9.17) is 15.2 Å². The van der Waals surface area contributed by atoms with Crippen molar-refractivity contribution in [2.24, 2.45) is 5.92 Å². The van der Waals surface area contributed by atoms with Crippen molar-refractivity contribution in [3.8, 4) is 11.5 Å². The third kappa shape index (κ3) is 1.99. The van der Waals surface area contributed by atoms with Gasteiger partial charge in [-0.25, -0.2) is 4.98 Å². The summed E-state index contributed by atoms with van der Waals surface area (Å²) in [4.78, 5) is 4.41. The molecule has 2 N–H and O–H groups in total. The zero-order valence-electron chi connectivity index (χ0n) is 11.3. The van der Waals surface area contributed by atoms with E-state index in [1.807, 2.05) is 12.1 Å². The van der Waals surface area contributed by atoms with Crippen LogP contribution in [0.5, 0.6) is 11.5 Å². The fraction of sp³-hybridized carbons (Fsp3) is 0.500. The molecule has 102 valence electrons. The molecule has 19 heavy (non-hydrogen) atoms. The highest BCUT2D eigenvalue weighted by atomic mass is 16.5. The highest BCUT2D eigenvalue weighted by Gasteiger charge is 2.21. The first-order valence-corrected chi connectivity index (χ1v) is 6.60. The lowest BCUT2D eigenvalue weighted by Crippen LogP contribution is -2.19. The van der Waals surface area contributed by atoms with Crippen LogP contribution in [0.2, 0.25) is 0 Å². The monoisotopic (exact) mass is 261 g/mol. The average molecular weight is 261 g/mol. The summed E-state index contributed by atoms with van der Waals surface area (Å²) in [5.74, 6) is 2.69. The second-order valence-electron chi connectivity index (χ2n) is 5.07. The van der Waals surface area contributed by atoms with Gasteiger partial charge in [-0.1, -0.05) is 6.42 Å². The first-order valence-electron chi connectivity index (χ1n) is 6.60. The van der Waals surface area contributed by atoms with Gasteiger partial charge < -0.3 is 19.8 Å². The molecular formula is C14H19N3O2. The van der Waals surface area contributed by atoms with E-state index in [-0.39, 0.29) is 0 Å². The van der Waals surface area contributed by atoms with Gasteiger partial charge in [0.25, 0.3) is 0 Å². The molecule has 1 aliphatic carbocycles. The van der Waals surface area contributed by atoms with E-state index in [0.29, 0.717) is 17.4 Å². The second-order valence-corrected chi connectivity index (χ2v) is 5.07. The molecule has 1 heterocycles. The number of nitrogens with two attached hydrogens (primary N) is 1. The van der Waals surface area contributed by atoms with Gasteiger partial charge in [-0.3, -0.25) is 0 Å². The van der Waals surface area contributed by atoms with Crippen molar-refractivity contribution in [2.45, 2.75) is 25.8 Å². The number of aromatic nitrogens is 2. The second kappa shape index (κ2) is 4.64. The number of benzene rings is 1. The Labute approximate surface area is 112 Å². The van der Waals surface area contributed by atoms with Crippen LogP contribution < -0.4 is 15.2 Å². The third-order valence-corrected chi connectivity index (χ3v) is 3.95. The molecule has 1 aliphatic rings. The zero-order valence-corrected chi connectivity index (χ0v) is 11.3. The maximum Gasteiger partial charge on any atom is 0.201 e. The molecule has 1 saturated carbocycles. The minimum absolute atomic E-state index is 0.567. The standard InChI is InChI=1S/C14H19N3O2/c1-18-12-6-10-11(7-13(12)19-2)17(14(15)16-10)8-9-4-3-5-9/h6-7,9H,3-5,8H2,1-2H3,(H2,15,16). The Kier molecular flexibility index (Phi) is 2.97. The topological polar surface area (TPSA) is 62.3 Å². The van der Waals surface area contributed by atoms with Gasteiger partial charge in [0, 0.05) is 18.7 Å². The van der Waals surface area contributed by atoms with Crippen LogP contribution in [0.1, 0.15) is 19.3 Å². The first kappa shape index (κ1) is 12.1. The van der Waals surface area contributed by atoms with Crippen molar-refractivity contribution in [1.29, 1.82) is 0 Å². The number of hydrogen-bond donors (Lipinski definition) is 1. The van der Waals surface area contributed by atoms with Crippen molar-refractivity contribution in [3.05, 3.63) is 12.1 Å². The number of rotatable bonds is 4. The number of nitrogens with zero attached hydrogens (tertiary/aromatic N) is 2. The number of hydrogen-bond acceptors (Lipinski definition) is 4. The van der Waals surface area contributed by atoms with E-state index in [1.165, 1.54) is 19.3 Å². The number of imidazole rings is 1. The van der Waals surface area contributed by atoms with Crippen LogP contribution in [0.3, 0.4) is 0 Å². The van der Waals surface area contributed by atoms with Crippen LogP contribution in [0.25, 0.3) is 11.0 Å². The molecule has 5 nitrogen and oxygen atoms in total. The molecule has 0 radical (unpaired) electrons. The van der Waals surface area contributed by atoms with Crippen LogP contribution >= 0.6 is 0 Å². The third-order valence-electron chi connectivity index (χ3n) is 3.95. The van der Waals surface area contributed by atoms with Crippen molar-refractivity contribution in [2.75, 3.05) is 20.0 Å². The molecule has 0 spiro atoms. The lowest BCUT2D eigenvalue weighted by Gasteiger charge is -2.26. The van der Waals surface area contributed by atoms with Gasteiger partial charge >= 0.3 is 0 Å². The fourth-order valence-electron chi connectivity index (χ4n) is 2.60. The van der Waals surface area contributed by atoms with Gasteiger partial charge in [-0.15, -0.1) is 0 Å². The van der Waals surface area contributed by atoms with Crippen molar-refractivity contribution in [3.63, 3.8) is 0 Å². The van der Waals surface area contributed by atoms with Gasteiger partial charge in [0.2, 0.25) is 5.95 Å². The smallest absolute Gasteiger partial charge is 0.201 e. The number of nitrogen functional groups attached to an aromatic ring is 1. The summed E-state index contributed by atoms with van der Waals surface area (Å²) in [6.45, 7) is 0.942. The van der Waals surface area contributed by atoms with Crippen LogP contribution in [-0.4, -0.2) is 23.8 Å². The SMILES string of the molecule is COc1cc2nc(N)n(CC3CCC3)c2cc1OC. The molecule has 0 amide bonds. The minimum Gasteiger partial charge on any atom is -0.493 e. The Bertz CT molecular complexity index is 602. The lowest BCUT2D eigenvalue weighted by molar-refractivity contribution is 0.280. The van der Waals surface area contributed by atoms with Crippen LogP contribution in [0.4, 0.5) is 5.95 Å². The zero-order chi connectivity index (χ0) is 13.4. The van der Waals surface area contributed by atoms with Gasteiger partial charge in [0.15, 0.2) is 11.5 Å². The quantitative estimate of drug-likeness (QED) is 0.918. The van der Waals surface area contributed by atoms with E-state index < -0.39 is 0 Å². The molecule has 2 aromatic rings. The first-order chi connectivity index (χ1) is 9.22. The van der Waals surface area contributed by atoms with E-state index >= 15 is 0 Å². The van der Waals surface area contributed by atoms with Gasteiger partial charge in [0.05, 0.1) is 25.3 Å². The molecule has 0 atom stereocenters. The largest absolute Gasteiger partial charge is 0.493 e. The van der Waals surface area contributed by atoms with E-state index in [0.717, 1.165) is 23.5 Å². The average Bonchev–Trinajstić information content (AvgIpc) is 2.67. The summed E-state index contributed by atoms with van der Waals surface area (Å²) in [5, 5.41) is 0. The van der Waals surface area contributed by atoms with Gasteiger partial charge in [0.1, 0.15) is 0 Å². The Morgan fingerprint density at radius 3 is 2.53 bits per heavy atom. The van der Waals surface area contributed by atoms with Gasteiger partial charge in [-0.05, 0) is 18.8 Å². The van der Waals surface area contributed by atoms with Crippen molar-refractivity contribution < 1.29 is 9.47 Å². The summed E-state index contributed by atoms with van der Waals surface area (Å²) < 4.78 is 12.7. The number of methoxy groups -OCH3 is 2. The van der Waals surface area contributed by atoms with Crippen molar-refractivity contribution >= 4 is 17.0 Å². The summed E-state index contributed by atoms with van der Waals surface area (Å²) in [6.07, 6.45) is 3.90. The normalized spacial score (nSPS) is 15.5. The minimum atomic E-state index is 0.567. The molecule has 1 aromatic heterocycles. The molecule has 3 rings (SSSR count). The molecular weight excluding hydrogens is 242 g/mol. The fourth-order valence-corrected chi connectivity index (χ4v) is 2.60. The van der Waals surface area contributed by atoms with Crippen LogP contribution in [0.15, 0.2) is 12.1 Å². The Hall–Kier alpha value is -1.91. The number of fused-ring (bicyclic) bond motifs is 1. The maximum absolute atomic E-state index is 6.03. The van der Waals surface area contributed by atoms with Crippen molar-refractivity contribution in [1.82, 2.24) is 9.55 Å². The Morgan fingerprint density at radius 2 is 1.95 bits per heavy atom. The van der Waals surface area contributed by atoms with Crippen LogP contribution in [0, 0.1) is 5.92 Å². The summed E-state index contributed by atoms with van der Waals surface area (Å²) in [7, 11) is 3.26. The molecule has 1 fully saturated rings. The highest BCUT2D eigenvalue weighted by Crippen LogP contribution is 2.35. The number of ether oxygens (including phenoxy) is 2. The van der Waals surface area contributed by atoms with E-state index in [2.05, 4.69) is 9.55 Å². The summed E-state index contributed by atoms with van der Waals surface area (Å²) in [5.41, 5.74) is 7.91. The molecule has 0 saturated heterocycles. The van der Waals surface area contributed by atoms with E-state index in [1.54, 1.807) is 14.2 Å². The van der Waals surface area contributed by atoms with Gasteiger partial charge in [-0.2, -0.15) is 0 Å². The predicted molar refractivity (Wildman–Crippen MR) is 74.6 cm³/mol. The molecule has 1 aromatic carbocycles. The van der Waals surface area contributed by atoms with E-state index in [9.17, 15) is 0 Å². The molecule has 0 unspecified atom stereocenters. The number of anilines is 1. The highest BCUT2D eigenvalue weighted by molar-refractivity contribution is 5.82.